The number of benzene rings is 1. The first-order chi connectivity index (χ1) is 6.24. The van der Waals surface area contributed by atoms with Gasteiger partial charge in [0.1, 0.15) is 0 Å². The molecule has 13 heavy (non-hydrogen) atoms. The fraction of sp³-hybridized carbons (Fsp3) is 0.400. The highest BCUT2D eigenvalue weighted by Crippen LogP contribution is 2.07. The van der Waals surface area contributed by atoms with E-state index in [1.807, 2.05) is 13.8 Å². The van der Waals surface area contributed by atoms with Gasteiger partial charge in [0.15, 0.2) is 11.6 Å². The molecule has 0 aromatic heterocycles. The monoisotopic (exact) mass is 187 g/mol. The molecular formula is C10H15F2N. The van der Waals surface area contributed by atoms with Gasteiger partial charge in [-0.15, -0.1) is 0 Å². The average Bonchev–Trinajstić information content (AvgIpc) is 2.15. The van der Waals surface area contributed by atoms with Crippen molar-refractivity contribution in [2.24, 2.45) is 0 Å². The smallest absolute Gasteiger partial charge is 0.159 e. The molecule has 1 N–H and O–H groups in total. The molecule has 0 atom stereocenters. The SMILES string of the molecule is CC.CNCc1ccc(F)c(F)c1. The topological polar surface area (TPSA) is 12.0 Å². The quantitative estimate of drug-likeness (QED) is 0.750. The van der Waals surface area contributed by atoms with Crippen LogP contribution in [0, 0.1) is 11.6 Å². The van der Waals surface area contributed by atoms with Crippen LogP contribution in [0.25, 0.3) is 0 Å². The third kappa shape index (κ3) is 3.99. The highest BCUT2D eigenvalue weighted by molar-refractivity contribution is 5.17. The van der Waals surface area contributed by atoms with Crippen LogP contribution in [0.2, 0.25) is 0 Å². The highest BCUT2D eigenvalue weighted by atomic mass is 19.2. The molecule has 3 heteroatoms. The lowest BCUT2D eigenvalue weighted by molar-refractivity contribution is 0.506. The fourth-order valence-electron chi connectivity index (χ4n) is 0.854. The number of halogens is 2. The van der Waals surface area contributed by atoms with Gasteiger partial charge in [-0.2, -0.15) is 0 Å². The maximum Gasteiger partial charge on any atom is 0.159 e. The minimum Gasteiger partial charge on any atom is -0.316 e. The van der Waals surface area contributed by atoms with E-state index < -0.39 is 11.6 Å². The minimum absolute atomic E-state index is 0.553. The number of rotatable bonds is 2. The third-order valence-corrected chi connectivity index (χ3v) is 1.36. The summed E-state index contributed by atoms with van der Waals surface area (Å²) in [4.78, 5) is 0. The Labute approximate surface area is 77.8 Å². The molecule has 0 aliphatic rings. The van der Waals surface area contributed by atoms with Crippen molar-refractivity contribution in [1.82, 2.24) is 5.32 Å². The molecule has 0 saturated carbocycles. The van der Waals surface area contributed by atoms with Crippen LogP contribution in [0.4, 0.5) is 8.78 Å². The lowest BCUT2D eigenvalue weighted by Crippen LogP contribution is -2.05. The molecular weight excluding hydrogens is 172 g/mol. The summed E-state index contributed by atoms with van der Waals surface area (Å²) in [5.41, 5.74) is 0.742. The lowest BCUT2D eigenvalue weighted by atomic mass is 10.2. The van der Waals surface area contributed by atoms with E-state index in [1.54, 1.807) is 13.1 Å². The molecule has 0 aliphatic carbocycles. The van der Waals surface area contributed by atoms with Crippen molar-refractivity contribution in [3.8, 4) is 0 Å². The zero-order valence-electron chi connectivity index (χ0n) is 8.20. The van der Waals surface area contributed by atoms with Gasteiger partial charge < -0.3 is 5.32 Å². The molecule has 74 valence electrons. The van der Waals surface area contributed by atoms with Gasteiger partial charge in [0.2, 0.25) is 0 Å². The van der Waals surface area contributed by atoms with Crippen LogP contribution in [0.3, 0.4) is 0 Å². The van der Waals surface area contributed by atoms with Crippen molar-refractivity contribution in [3.05, 3.63) is 35.4 Å². The van der Waals surface area contributed by atoms with Crippen molar-refractivity contribution in [2.45, 2.75) is 20.4 Å². The number of hydrogen-bond donors (Lipinski definition) is 1. The second-order valence-corrected chi connectivity index (χ2v) is 2.28. The molecule has 1 aromatic carbocycles. The largest absolute Gasteiger partial charge is 0.316 e. The Hall–Kier alpha value is -0.960. The van der Waals surface area contributed by atoms with Crippen LogP contribution < -0.4 is 5.32 Å². The maximum atomic E-state index is 12.5. The predicted molar refractivity (Wildman–Crippen MR) is 50.5 cm³/mol. The Bertz CT molecular complexity index is 249. The van der Waals surface area contributed by atoms with Gasteiger partial charge in [-0.05, 0) is 24.7 Å². The van der Waals surface area contributed by atoms with E-state index >= 15 is 0 Å². The standard InChI is InChI=1S/C8H9F2N.C2H6/c1-11-5-6-2-3-7(9)8(10)4-6;1-2/h2-4,11H,5H2,1H3;1-2H3. The lowest BCUT2D eigenvalue weighted by Gasteiger charge is -1.99. The summed E-state index contributed by atoms with van der Waals surface area (Å²) >= 11 is 0. The first-order valence-electron chi connectivity index (χ1n) is 4.32. The van der Waals surface area contributed by atoms with Crippen molar-refractivity contribution in [2.75, 3.05) is 7.05 Å². The maximum absolute atomic E-state index is 12.5. The van der Waals surface area contributed by atoms with Crippen LogP contribution in [-0.2, 0) is 6.54 Å². The van der Waals surface area contributed by atoms with Crippen LogP contribution in [-0.4, -0.2) is 7.05 Å². The highest BCUT2D eigenvalue weighted by Gasteiger charge is 2.00. The van der Waals surface area contributed by atoms with Gasteiger partial charge in [-0.1, -0.05) is 19.9 Å². The molecule has 0 spiro atoms. The third-order valence-electron chi connectivity index (χ3n) is 1.36. The van der Waals surface area contributed by atoms with E-state index in [9.17, 15) is 8.78 Å². The number of hydrogen-bond acceptors (Lipinski definition) is 1. The van der Waals surface area contributed by atoms with Gasteiger partial charge >= 0.3 is 0 Å². The minimum atomic E-state index is -0.801. The predicted octanol–water partition coefficient (Wildman–Crippen LogP) is 2.71. The molecule has 1 rings (SSSR count). The molecule has 0 aliphatic heterocycles. The second kappa shape index (κ2) is 6.54. The Balaban J connectivity index is 0.000000671. The van der Waals surface area contributed by atoms with Crippen molar-refractivity contribution < 1.29 is 8.78 Å². The summed E-state index contributed by atoms with van der Waals surface area (Å²) in [5.74, 6) is -1.59. The summed E-state index contributed by atoms with van der Waals surface area (Å²) < 4.78 is 24.8. The summed E-state index contributed by atoms with van der Waals surface area (Å²) in [6.07, 6.45) is 0. The fourth-order valence-corrected chi connectivity index (χ4v) is 0.854. The Morgan fingerprint density at radius 1 is 1.15 bits per heavy atom. The Kier molecular flexibility index (Phi) is 6.06. The van der Waals surface area contributed by atoms with E-state index in [0.29, 0.717) is 6.54 Å². The molecule has 0 unspecified atom stereocenters. The van der Waals surface area contributed by atoms with Crippen LogP contribution in [0.5, 0.6) is 0 Å². The molecule has 0 saturated heterocycles. The molecule has 0 amide bonds. The van der Waals surface area contributed by atoms with Crippen LogP contribution >= 0.6 is 0 Å². The average molecular weight is 187 g/mol. The Morgan fingerprint density at radius 2 is 1.77 bits per heavy atom. The molecule has 0 radical (unpaired) electrons. The molecule has 1 aromatic rings. The molecule has 1 nitrogen and oxygen atoms in total. The van der Waals surface area contributed by atoms with Gasteiger partial charge in [-0.25, -0.2) is 8.78 Å². The first-order valence-corrected chi connectivity index (χ1v) is 4.32. The van der Waals surface area contributed by atoms with Gasteiger partial charge in [-0.3, -0.25) is 0 Å². The van der Waals surface area contributed by atoms with Crippen LogP contribution in [0.15, 0.2) is 18.2 Å². The number of nitrogens with one attached hydrogen (secondary N) is 1. The van der Waals surface area contributed by atoms with E-state index in [-0.39, 0.29) is 0 Å². The van der Waals surface area contributed by atoms with E-state index in [0.717, 1.165) is 11.6 Å². The van der Waals surface area contributed by atoms with Gasteiger partial charge in [0.05, 0.1) is 0 Å². The zero-order valence-corrected chi connectivity index (χ0v) is 8.20. The van der Waals surface area contributed by atoms with E-state index in [4.69, 9.17) is 0 Å². The summed E-state index contributed by atoms with van der Waals surface area (Å²) in [6, 6.07) is 3.86. The molecule has 0 heterocycles. The van der Waals surface area contributed by atoms with E-state index in [2.05, 4.69) is 5.32 Å². The zero-order chi connectivity index (χ0) is 10.3. The van der Waals surface area contributed by atoms with Crippen molar-refractivity contribution in [3.63, 3.8) is 0 Å². The molecule has 0 fully saturated rings. The van der Waals surface area contributed by atoms with Gasteiger partial charge in [0, 0.05) is 6.54 Å². The summed E-state index contributed by atoms with van der Waals surface area (Å²) in [7, 11) is 1.75. The Morgan fingerprint density at radius 3 is 2.23 bits per heavy atom. The summed E-state index contributed by atoms with van der Waals surface area (Å²) in [5, 5.41) is 2.84. The normalized spacial score (nSPS) is 9.00. The first kappa shape index (κ1) is 12.0. The van der Waals surface area contributed by atoms with E-state index in [1.165, 1.54) is 6.07 Å². The second-order valence-electron chi connectivity index (χ2n) is 2.28. The van der Waals surface area contributed by atoms with Crippen molar-refractivity contribution >= 4 is 0 Å². The molecule has 0 bridgehead atoms. The van der Waals surface area contributed by atoms with Crippen molar-refractivity contribution in [1.29, 1.82) is 0 Å². The van der Waals surface area contributed by atoms with Crippen LogP contribution in [0.1, 0.15) is 19.4 Å². The summed E-state index contributed by atoms with van der Waals surface area (Å²) in [6.45, 7) is 4.55. The van der Waals surface area contributed by atoms with Gasteiger partial charge in [0.25, 0.3) is 0 Å².